The molecule has 0 N–H and O–H groups in total. The van der Waals surface area contributed by atoms with Crippen LogP contribution in [0.25, 0.3) is 0 Å². The third kappa shape index (κ3) is 5.33. The highest BCUT2D eigenvalue weighted by molar-refractivity contribution is 5.93. The molecule has 4 heteroatoms. The van der Waals surface area contributed by atoms with E-state index in [1.165, 1.54) is 5.56 Å². The molecule has 2 aromatic carbocycles. The van der Waals surface area contributed by atoms with Crippen molar-refractivity contribution in [3.05, 3.63) is 60.2 Å². The van der Waals surface area contributed by atoms with Gasteiger partial charge in [-0.2, -0.15) is 0 Å². The molecule has 144 valence electrons. The number of hydrogen-bond donors (Lipinski definition) is 0. The largest absolute Gasteiger partial charge is 0.492 e. The number of para-hydroxylation sites is 1. The standard InChI is InChI=1S/C23H30N2O2/c1-3-23(26)25(20-9-5-4-6-10-20)21-12-14-24(15-13-21)16-17-27-22-11-7-8-19(2)18-22/h4-11,18,21H,3,12-17H2,1-2H3. The maximum absolute atomic E-state index is 12.5. The fraction of sp³-hybridized carbons (Fsp3) is 0.435. The van der Waals surface area contributed by atoms with Gasteiger partial charge in [0.2, 0.25) is 5.91 Å². The van der Waals surface area contributed by atoms with Crippen molar-refractivity contribution in [1.29, 1.82) is 0 Å². The Bertz CT molecular complexity index is 724. The van der Waals surface area contributed by atoms with Crippen molar-refractivity contribution in [2.24, 2.45) is 0 Å². The summed E-state index contributed by atoms with van der Waals surface area (Å²) < 4.78 is 5.88. The van der Waals surface area contributed by atoms with E-state index in [1.54, 1.807) is 0 Å². The Balaban J connectivity index is 1.50. The van der Waals surface area contributed by atoms with Gasteiger partial charge >= 0.3 is 0 Å². The van der Waals surface area contributed by atoms with Crippen LogP contribution in [0.5, 0.6) is 5.75 Å². The lowest BCUT2D eigenvalue weighted by molar-refractivity contribution is -0.119. The van der Waals surface area contributed by atoms with Crippen LogP contribution in [0.3, 0.4) is 0 Å². The Morgan fingerprint density at radius 3 is 2.52 bits per heavy atom. The highest BCUT2D eigenvalue weighted by Crippen LogP contribution is 2.24. The van der Waals surface area contributed by atoms with Gasteiger partial charge in [0.1, 0.15) is 12.4 Å². The molecule has 2 aromatic rings. The van der Waals surface area contributed by atoms with Gasteiger partial charge in [0.05, 0.1) is 0 Å². The number of piperidine rings is 1. The van der Waals surface area contributed by atoms with Crippen LogP contribution in [-0.2, 0) is 4.79 Å². The molecule has 1 fully saturated rings. The van der Waals surface area contributed by atoms with E-state index in [4.69, 9.17) is 4.74 Å². The molecular weight excluding hydrogens is 336 g/mol. The third-order valence-electron chi connectivity index (χ3n) is 5.19. The number of anilines is 1. The van der Waals surface area contributed by atoms with E-state index in [-0.39, 0.29) is 11.9 Å². The zero-order valence-electron chi connectivity index (χ0n) is 16.4. The summed E-state index contributed by atoms with van der Waals surface area (Å²) in [6.07, 6.45) is 2.55. The number of ether oxygens (including phenoxy) is 1. The van der Waals surface area contributed by atoms with Gasteiger partial charge in [0, 0.05) is 37.8 Å². The van der Waals surface area contributed by atoms with Crippen LogP contribution in [0.1, 0.15) is 31.7 Å². The van der Waals surface area contributed by atoms with Gasteiger partial charge in [-0.05, 0) is 49.6 Å². The summed E-state index contributed by atoms with van der Waals surface area (Å²) in [5.41, 5.74) is 2.24. The predicted molar refractivity (Wildman–Crippen MR) is 110 cm³/mol. The Hall–Kier alpha value is -2.33. The maximum Gasteiger partial charge on any atom is 0.226 e. The molecule has 1 heterocycles. The fourth-order valence-corrected chi connectivity index (χ4v) is 3.72. The number of aryl methyl sites for hydroxylation is 1. The smallest absolute Gasteiger partial charge is 0.226 e. The number of hydrogen-bond acceptors (Lipinski definition) is 3. The van der Waals surface area contributed by atoms with Gasteiger partial charge in [0.25, 0.3) is 0 Å². The highest BCUT2D eigenvalue weighted by Gasteiger charge is 2.28. The first-order valence-electron chi connectivity index (χ1n) is 9.96. The van der Waals surface area contributed by atoms with Crippen LogP contribution in [-0.4, -0.2) is 43.1 Å². The summed E-state index contributed by atoms with van der Waals surface area (Å²) in [5, 5.41) is 0. The quantitative estimate of drug-likeness (QED) is 0.733. The molecule has 27 heavy (non-hydrogen) atoms. The Morgan fingerprint density at radius 1 is 1.11 bits per heavy atom. The summed E-state index contributed by atoms with van der Waals surface area (Å²) in [5.74, 6) is 1.15. The lowest BCUT2D eigenvalue weighted by atomic mass is 10.0. The van der Waals surface area contributed by atoms with Crippen LogP contribution in [0.2, 0.25) is 0 Å². The topological polar surface area (TPSA) is 32.8 Å². The van der Waals surface area contributed by atoms with Gasteiger partial charge in [-0.25, -0.2) is 0 Å². The van der Waals surface area contributed by atoms with Gasteiger partial charge in [-0.1, -0.05) is 37.3 Å². The Labute approximate surface area is 162 Å². The van der Waals surface area contributed by atoms with Crippen molar-refractivity contribution >= 4 is 11.6 Å². The second kappa shape index (κ2) is 9.56. The molecule has 1 amide bonds. The number of rotatable bonds is 7. The van der Waals surface area contributed by atoms with Crippen LogP contribution in [0.15, 0.2) is 54.6 Å². The normalized spacial score (nSPS) is 15.5. The molecule has 1 saturated heterocycles. The van der Waals surface area contributed by atoms with Crippen LogP contribution < -0.4 is 9.64 Å². The molecule has 1 aliphatic rings. The molecule has 1 aliphatic heterocycles. The Kier molecular flexibility index (Phi) is 6.88. The lowest BCUT2D eigenvalue weighted by Gasteiger charge is -2.38. The van der Waals surface area contributed by atoms with Crippen molar-refractivity contribution < 1.29 is 9.53 Å². The van der Waals surface area contributed by atoms with Crippen LogP contribution in [0.4, 0.5) is 5.69 Å². The minimum atomic E-state index is 0.211. The third-order valence-corrected chi connectivity index (χ3v) is 5.19. The number of benzene rings is 2. The van der Waals surface area contributed by atoms with Gasteiger partial charge < -0.3 is 9.64 Å². The summed E-state index contributed by atoms with van der Waals surface area (Å²) in [6, 6.07) is 18.5. The maximum atomic E-state index is 12.5. The first kappa shape index (κ1) is 19.4. The van der Waals surface area contributed by atoms with E-state index in [9.17, 15) is 4.79 Å². The van der Waals surface area contributed by atoms with E-state index in [0.29, 0.717) is 13.0 Å². The van der Waals surface area contributed by atoms with Crippen molar-refractivity contribution in [3.63, 3.8) is 0 Å². The molecule has 0 spiro atoms. The summed E-state index contributed by atoms with van der Waals surface area (Å²) >= 11 is 0. The summed E-state index contributed by atoms with van der Waals surface area (Å²) in [4.78, 5) is 17.0. The Morgan fingerprint density at radius 2 is 1.85 bits per heavy atom. The van der Waals surface area contributed by atoms with Gasteiger partial charge in [-0.15, -0.1) is 0 Å². The molecular formula is C23H30N2O2. The second-order valence-electron chi connectivity index (χ2n) is 7.19. The summed E-state index contributed by atoms with van der Waals surface area (Å²) in [7, 11) is 0. The van der Waals surface area contributed by atoms with E-state index >= 15 is 0 Å². The minimum absolute atomic E-state index is 0.211. The molecule has 0 aliphatic carbocycles. The van der Waals surface area contributed by atoms with Crippen molar-refractivity contribution in [2.45, 2.75) is 39.2 Å². The molecule has 0 saturated carbocycles. The molecule has 0 atom stereocenters. The SMILES string of the molecule is CCC(=O)N(c1ccccc1)C1CCN(CCOc2cccc(C)c2)CC1. The average molecular weight is 367 g/mol. The number of likely N-dealkylation sites (tertiary alicyclic amines) is 1. The zero-order valence-corrected chi connectivity index (χ0v) is 16.4. The molecule has 0 radical (unpaired) electrons. The fourth-order valence-electron chi connectivity index (χ4n) is 3.72. The van der Waals surface area contributed by atoms with E-state index in [2.05, 4.69) is 24.0 Å². The van der Waals surface area contributed by atoms with Gasteiger partial charge in [0.15, 0.2) is 0 Å². The first-order chi connectivity index (χ1) is 13.2. The number of amides is 1. The van der Waals surface area contributed by atoms with E-state index in [0.717, 1.165) is 43.9 Å². The molecule has 0 aromatic heterocycles. The molecule has 3 rings (SSSR count). The first-order valence-corrected chi connectivity index (χ1v) is 9.96. The van der Waals surface area contributed by atoms with E-state index in [1.807, 2.05) is 54.3 Å². The van der Waals surface area contributed by atoms with Crippen LogP contribution >= 0.6 is 0 Å². The monoisotopic (exact) mass is 366 g/mol. The number of nitrogens with zero attached hydrogens (tertiary/aromatic N) is 2. The molecule has 0 bridgehead atoms. The average Bonchev–Trinajstić information content (AvgIpc) is 2.70. The van der Waals surface area contributed by atoms with Crippen molar-refractivity contribution in [3.8, 4) is 5.75 Å². The zero-order chi connectivity index (χ0) is 19.1. The number of carbonyl (C=O) groups excluding carboxylic acids is 1. The highest BCUT2D eigenvalue weighted by atomic mass is 16.5. The van der Waals surface area contributed by atoms with Crippen LogP contribution in [0, 0.1) is 6.92 Å². The van der Waals surface area contributed by atoms with Crippen molar-refractivity contribution in [1.82, 2.24) is 4.90 Å². The molecule has 0 unspecified atom stereocenters. The summed E-state index contributed by atoms with van der Waals surface area (Å²) in [6.45, 7) is 7.65. The van der Waals surface area contributed by atoms with Crippen molar-refractivity contribution in [2.75, 3.05) is 31.1 Å². The van der Waals surface area contributed by atoms with E-state index < -0.39 is 0 Å². The number of carbonyl (C=O) groups is 1. The van der Waals surface area contributed by atoms with Gasteiger partial charge in [-0.3, -0.25) is 9.69 Å². The lowest BCUT2D eigenvalue weighted by Crippen LogP contribution is -2.48. The minimum Gasteiger partial charge on any atom is -0.492 e. The predicted octanol–water partition coefficient (Wildman–Crippen LogP) is 4.28. The molecule has 4 nitrogen and oxygen atoms in total. The second-order valence-corrected chi connectivity index (χ2v) is 7.19.